The van der Waals surface area contributed by atoms with E-state index in [1.165, 1.54) is 6.42 Å². The Morgan fingerprint density at radius 1 is 1.50 bits per heavy atom. The van der Waals surface area contributed by atoms with E-state index in [1.54, 1.807) is 0 Å². The van der Waals surface area contributed by atoms with Crippen LogP contribution in [0.25, 0.3) is 0 Å². The maximum absolute atomic E-state index is 12.1. The van der Waals surface area contributed by atoms with E-state index in [-0.39, 0.29) is 18.5 Å². The van der Waals surface area contributed by atoms with Crippen molar-refractivity contribution < 1.29 is 9.53 Å². The number of nitrogens with zero attached hydrogens (tertiary/aromatic N) is 1. The van der Waals surface area contributed by atoms with Crippen molar-refractivity contribution in [3.63, 3.8) is 0 Å². The third-order valence-corrected chi connectivity index (χ3v) is 3.88. The zero-order valence-corrected chi connectivity index (χ0v) is 12.0. The highest BCUT2D eigenvalue weighted by atomic mass is 35.5. The zero-order valence-electron chi connectivity index (χ0n) is 11.2. The highest BCUT2D eigenvalue weighted by Crippen LogP contribution is 2.16. The predicted molar refractivity (Wildman–Crippen MR) is 74.1 cm³/mol. The van der Waals surface area contributed by atoms with Crippen molar-refractivity contribution in [1.29, 1.82) is 0 Å². The van der Waals surface area contributed by atoms with Crippen LogP contribution in [0.5, 0.6) is 0 Å². The molecule has 0 aromatic carbocycles. The Morgan fingerprint density at radius 2 is 2.33 bits per heavy atom. The van der Waals surface area contributed by atoms with Gasteiger partial charge in [0.05, 0.1) is 12.7 Å². The van der Waals surface area contributed by atoms with Crippen molar-refractivity contribution in [2.75, 3.05) is 32.8 Å². The van der Waals surface area contributed by atoms with Crippen LogP contribution in [-0.2, 0) is 9.53 Å². The van der Waals surface area contributed by atoms with Crippen LogP contribution in [0.15, 0.2) is 0 Å². The maximum Gasteiger partial charge on any atom is 0.222 e. The lowest BCUT2D eigenvalue weighted by Gasteiger charge is -2.32. The molecule has 0 aromatic heterocycles. The molecule has 18 heavy (non-hydrogen) atoms. The number of hydrogen-bond acceptors (Lipinski definition) is 3. The van der Waals surface area contributed by atoms with Crippen LogP contribution in [0.2, 0.25) is 0 Å². The number of carbonyl (C=O) groups excluding carboxylic acids is 1. The molecular formula is C13H25ClN2O2. The van der Waals surface area contributed by atoms with Gasteiger partial charge in [0.1, 0.15) is 0 Å². The summed E-state index contributed by atoms with van der Waals surface area (Å²) in [7, 11) is 0. The van der Waals surface area contributed by atoms with Crippen LogP contribution in [0.1, 0.15) is 32.6 Å². The predicted octanol–water partition coefficient (Wildman–Crippen LogP) is 1.44. The fraction of sp³-hybridized carbons (Fsp3) is 0.923. The van der Waals surface area contributed by atoms with Gasteiger partial charge in [-0.3, -0.25) is 4.79 Å². The SMILES string of the molecule is CCC1CN(C(=O)CCC2CCNC2)CCO1.Cl. The fourth-order valence-electron chi connectivity index (χ4n) is 2.64. The molecule has 0 aromatic rings. The minimum Gasteiger partial charge on any atom is -0.375 e. The molecule has 2 saturated heterocycles. The van der Waals surface area contributed by atoms with Gasteiger partial charge in [-0.2, -0.15) is 0 Å². The van der Waals surface area contributed by atoms with Gasteiger partial charge in [-0.25, -0.2) is 0 Å². The summed E-state index contributed by atoms with van der Waals surface area (Å²) >= 11 is 0. The summed E-state index contributed by atoms with van der Waals surface area (Å²) in [6.07, 6.45) is 4.23. The van der Waals surface area contributed by atoms with E-state index in [1.807, 2.05) is 4.90 Å². The molecule has 2 aliphatic rings. The number of morpholine rings is 1. The van der Waals surface area contributed by atoms with Crippen LogP contribution in [0, 0.1) is 5.92 Å². The van der Waals surface area contributed by atoms with E-state index in [2.05, 4.69) is 12.2 Å². The second-order valence-electron chi connectivity index (χ2n) is 5.14. The standard InChI is InChI=1S/C13H24N2O2.ClH/c1-2-12-10-15(7-8-17-12)13(16)4-3-11-5-6-14-9-11;/h11-12,14H,2-10H2,1H3;1H. The number of halogens is 1. The van der Waals surface area contributed by atoms with E-state index in [0.717, 1.165) is 39.0 Å². The monoisotopic (exact) mass is 276 g/mol. The Balaban J connectivity index is 0.00000162. The van der Waals surface area contributed by atoms with E-state index < -0.39 is 0 Å². The van der Waals surface area contributed by atoms with Gasteiger partial charge in [0, 0.05) is 19.5 Å². The lowest BCUT2D eigenvalue weighted by atomic mass is 10.0. The first-order valence-electron chi connectivity index (χ1n) is 6.89. The average molecular weight is 277 g/mol. The summed E-state index contributed by atoms with van der Waals surface area (Å²) < 4.78 is 5.58. The molecule has 5 heteroatoms. The zero-order chi connectivity index (χ0) is 12.1. The molecule has 2 aliphatic heterocycles. The Morgan fingerprint density at radius 3 is 3.00 bits per heavy atom. The summed E-state index contributed by atoms with van der Waals surface area (Å²) in [4.78, 5) is 14.1. The molecule has 2 unspecified atom stereocenters. The Kier molecular flexibility index (Phi) is 6.97. The first-order valence-corrected chi connectivity index (χ1v) is 6.89. The van der Waals surface area contributed by atoms with Crippen LogP contribution in [-0.4, -0.2) is 49.7 Å². The van der Waals surface area contributed by atoms with Gasteiger partial charge in [0.25, 0.3) is 0 Å². The third-order valence-electron chi connectivity index (χ3n) is 3.88. The van der Waals surface area contributed by atoms with Crippen LogP contribution in [0.3, 0.4) is 0 Å². The maximum atomic E-state index is 12.1. The molecule has 2 atom stereocenters. The molecule has 4 nitrogen and oxygen atoms in total. The Hall–Kier alpha value is -0.320. The fourth-order valence-corrected chi connectivity index (χ4v) is 2.64. The lowest BCUT2D eigenvalue weighted by molar-refractivity contribution is -0.139. The quantitative estimate of drug-likeness (QED) is 0.845. The normalized spacial score (nSPS) is 27.9. The number of rotatable bonds is 4. The van der Waals surface area contributed by atoms with E-state index in [0.29, 0.717) is 24.9 Å². The summed E-state index contributed by atoms with van der Waals surface area (Å²) in [5, 5.41) is 3.35. The van der Waals surface area contributed by atoms with Crippen molar-refractivity contribution in [2.24, 2.45) is 5.92 Å². The number of ether oxygens (including phenoxy) is 1. The minimum absolute atomic E-state index is 0. The summed E-state index contributed by atoms with van der Waals surface area (Å²) in [6.45, 7) is 6.59. The molecule has 0 saturated carbocycles. The highest BCUT2D eigenvalue weighted by Gasteiger charge is 2.24. The van der Waals surface area contributed by atoms with Crippen LogP contribution >= 0.6 is 12.4 Å². The summed E-state index contributed by atoms with van der Waals surface area (Å²) in [6, 6.07) is 0. The van der Waals surface area contributed by atoms with Crippen molar-refractivity contribution in [3.8, 4) is 0 Å². The number of hydrogen-bond donors (Lipinski definition) is 1. The second-order valence-corrected chi connectivity index (χ2v) is 5.14. The summed E-state index contributed by atoms with van der Waals surface area (Å²) in [5.41, 5.74) is 0. The van der Waals surface area contributed by atoms with Gasteiger partial charge in [0.15, 0.2) is 0 Å². The van der Waals surface area contributed by atoms with E-state index in [4.69, 9.17) is 4.74 Å². The molecule has 106 valence electrons. The van der Waals surface area contributed by atoms with Gasteiger partial charge in [-0.15, -0.1) is 12.4 Å². The van der Waals surface area contributed by atoms with E-state index >= 15 is 0 Å². The molecule has 2 rings (SSSR count). The average Bonchev–Trinajstić information content (AvgIpc) is 2.89. The van der Waals surface area contributed by atoms with Gasteiger partial charge < -0.3 is 15.0 Å². The molecule has 2 fully saturated rings. The number of nitrogens with one attached hydrogen (secondary N) is 1. The smallest absolute Gasteiger partial charge is 0.222 e. The number of amides is 1. The topological polar surface area (TPSA) is 41.6 Å². The van der Waals surface area contributed by atoms with Crippen molar-refractivity contribution in [2.45, 2.75) is 38.7 Å². The van der Waals surface area contributed by atoms with Gasteiger partial charge in [-0.1, -0.05) is 6.92 Å². The third kappa shape index (κ3) is 4.41. The Bertz CT molecular complexity index is 257. The number of carbonyl (C=O) groups is 1. The molecule has 1 amide bonds. The summed E-state index contributed by atoms with van der Waals surface area (Å²) in [5.74, 6) is 1.03. The molecule has 0 aliphatic carbocycles. The highest BCUT2D eigenvalue weighted by molar-refractivity contribution is 5.85. The van der Waals surface area contributed by atoms with Crippen molar-refractivity contribution in [3.05, 3.63) is 0 Å². The van der Waals surface area contributed by atoms with Crippen LogP contribution < -0.4 is 5.32 Å². The molecule has 2 heterocycles. The largest absolute Gasteiger partial charge is 0.375 e. The minimum atomic E-state index is 0. The Labute approximate surface area is 116 Å². The molecule has 0 spiro atoms. The lowest BCUT2D eigenvalue weighted by Crippen LogP contribution is -2.45. The molecule has 0 bridgehead atoms. The van der Waals surface area contributed by atoms with Crippen molar-refractivity contribution >= 4 is 18.3 Å². The van der Waals surface area contributed by atoms with Gasteiger partial charge >= 0.3 is 0 Å². The molecular weight excluding hydrogens is 252 g/mol. The second kappa shape index (κ2) is 7.97. The van der Waals surface area contributed by atoms with Crippen molar-refractivity contribution in [1.82, 2.24) is 10.2 Å². The molecule has 1 N–H and O–H groups in total. The van der Waals surface area contributed by atoms with Gasteiger partial charge in [0.2, 0.25) is 5.91 Å². The molecule has 0 radical (unpaired) electrons. The van der Waals surface area contributed by atoms with Gasteiger partial charge in [-0.05, 0) is 38.3 Å². The van der Waals surface area contributed by atoms with E-state index in [9.17, 15) is 4.79 Å². The van der Waals surface area contributed by atoms with Crippen LogP contribution in [0.4, 0.5) is 0 Å². The first-order chi connectivity index (χ1) is 8.29. The first kappa shape index (κ1) is 15.7.